The standard InChI is InChI=1S/C19H27NS/c1-4-5-14-21(3,19-12-7-6-8-13-19)16-20-18-11-9-10-17(2)15-18/h6-13,15,20H,4-5,14,16H2,1-3H3. The summed E-state index contributed by atoms with van der Waals surface area (Å²) in [7, 11) is -0.802. The largest absolute Gasteiger partial charge is 0.377 e. The quantitative estimate of drug-likeness (QED) is 0.696. The summed E-state index contributed by atoms with van der Waals surface area (Å²) in [5, 5.41) is 3.67. The minimum Gasteiger partial charge on any atom is -0.377 e. The van der Waals surface area contributed by atoms with Gasteiger partial charge in [0.1, 0.15) is 0 Å². The van der Waals surface area contributed by atoms with Crippen LogP contribution < -0.4 is 5.32 Å². The molecule has 2 aromatic rings. The molecular weight excluding hydrogens is 274 g/mol. The molecule has 114 valence electrons. The predicted molar refractivity (Wildman–Crippen MR) is 97.7 cm³/mol. The Bertz CT molecular complexity index is 553. The molecule has 1 unspecified atom stereocenters. The number of hydrogen-bond acceptors (Lipinski definition) is 1. The van der Waals surface area contributed by atoms with Crippen molar-refractivity contribution in [2.45, 2.75) is 31.6 Å². The number of anilines is 1. The maximum Gasteiger partial charge on any atom is 0.0493 e. The van der Waals surface area contributed by atoms with E-state index < -0.39 is 10.0 Å². The molecule has 0 saturated heterocycles. The number of hydrogen-bond donors (Lipinski definition) is 1. The first kappa shape index (κ1) is 16.0. The molecule has 0 aromatic heterocycles. The van der Waals surface area contributed by atoms with Crippen LogP contribution in [-0.2, 0) is 0 Å². The number of unbranched alkanes of at least 4 members (excludes halogenated alkanes) is 1. The minimum atomic E-state index is -0.802. The topological polar surface area (TPSA) is 12.0 Å². The Morgan fingerprint density at radius 3 is 2.43 bits per heavy atom. The molecule has 1 N–H and O–H groups in total. The molecule has 0 saturated carbocycles. The van der Waals surface area contributed by atoms with Gasteiger partial charge in [-0.25, -0.2) is 0 Å². The molecule has 0 aliphatic carbocycles. The lowest BCUT2D eigenvalue weighted by Crippen LogP contribution is -2.15. The van der Waals surface area contributed by atoms with Crippen molar-refractivity contribution in [2.75, 3.05) is 23.2 Å². The van der Waals surface area contributed by atoms with E-state index >= 15 is 0 Å². The van der Waals surface area contributed by atoms with Crippen LogP contribution in [0.4, 0.5) is 5.69 Å². The fourth-order valence-electron chi connectivity index (χ4n) is 2.48. The smallest absolute Gasteiger partial charge is 0.0493 e. The van der Waals surface area contributed by atoms with Crippen molar-refractivity contribution >= 4 is 15.7 Å². The van der Waals surface area contributed by atoms with Gasteiger partial charge in [0.05, 0.1) is 0 Å². The van der Waals surface area contributed by atoms with Crippen molar-refractivity contribution in [1.82, 2.24) is 0 Å². The molecule has 2 aromatic carbocycles. The van der Waals surface area contributed by atoms with E-state index in [0.717, 1.165) is 5.88 Å². The average molecular weight is 301 g/mol. The first-order valence-electron chi connectivity index (χ1n) is 7.73. The first-order valence-corrected chi connectivity index (χ1v) is 10.1. The lowest BCUT2D eigenvalue weighted by atomic mass is 10.2. The maximum absolute atomic E-state index is 3.67. The Kier molecular flexibility index (Phi) is 5.75. The van der Waals surface area contributed by atoms with E-state index in [1.807, 2.05) is 0 Å². The van der Waals surface area contributed by atoms with Gasteiger partial charge < -0.3 is 5.32 Å². The van der Waals surface area contributed by atoms with E-state index in [1.54, 1.807) is 0 Å². The Labute approximate surface area is 131 Å². The zero-order valence-electron chi connectivity index (χ0n) is 13.4. The fraction of sp³-hybridized carbons (Fsp3) is 0.368. The van der Waals surface area contributed by atoms with Crippen LogP contribution >= 0.6 is 10.0 Å². The number of nitrogens with one attached hydrogen (secondary N) is 1. The predicted octanol–water partition coefficient (Wildman–Crippen LogP) is 5.66. The summed E-state index contributed by atoms with van der Waals surface area (Å²) in [6.45, 7) is 4.42. The summed E-state index contributed by atoms with van der Waals surface area (Å²) in [6, 6.07) is 19.7. The Balaban J connectivity index is 2.13. The number of rotatable bonds is 7. The van der Waals surface area contributed by atoms with Crippen molar-refractivity contribution in [3.63, 3.8) is 0 Å². The van der Waals surface area contributed by atoms with E-state index in [-0.39, 0.29) is 0 Å². The molecule has 0 radical (unpaired) electrons. The molecule has 0 amide bonds. The molecule has 0 aliphatic heterocycles. The minimum absolute atomic E-state index is 0.802. The van der Waals surface area contributed by atoms with Gasteiger partial charge in [-0.1, -0.05) is 55.8 Å². The van der Waals surface area contributed by atoms with Crippen molar-refractivity contribution in [3.8, 4) is 0 Å². The van der Waals surface area contributed by atoms with Gasteiger partial charge in [-0.05, 0) is 47.9 Å². The van der Waals surface area contributed by atoms with Crippen LogP contribution in [0.1, 0.15) is 25.3 Å². The molecular formula is C19H27NS. The molecule has 2 rings (SSSR count). The van der Waals surface area contributed by atoms with Gasteiger partial charge in [-0.15, -0.1) is 0 Å². The van der Waals surface area contributed by atoms with Crippen LogP contribution in [0.5, 0.6) is 0 Å². The third-order valence-corrected chi connectivity index (χ3v) is 7.26. The summed E-state index contributed by atoms with van der Waals surface area (Å²) in [5.41, 5.74) is 2.55. The number of benzene rings is 2. The van der Waals surface area contributed by atoms with Gasteiger partial charge in [-0.2, -0.15) is 10.0 Å². The zero-order chi connectivity index (χ0) is 15.1. The van der Waals surface area contributed by atoms with E-state index in [9.17, 15) is 0 Å². The van der Waals surface area contributed by atoms with Crippen LogP contribution in [0, 0.1) is 6.92 Å². The van der Waals surface area contributed by atoms with Crippen molar-refractivity contribution in [1.29, 1.82) is 0 Å². The summed E-state index contributed by atoms with van der Waals surface area (Å²) >= 11 is 0. The van der Waals surface area contributed by atoms with E-state index in [2.05, 4.69) is 80.0 Å². The Hall–Kier alpha value is -1.41. The highest BCUT2D eigenvalue weighted by atomic mass is 32.3. The van der Waals surface area contributed by atoms with E-state index in [0.29, 0.717) is 0 Å². The first-order chi connectivity index (χ1) is 10.1. The lowest BCUT2D eigenvalue weighted by Gasteiger charge is -2.37. The molecule has 0 heterocycles. The van der Waals surface area contributed by atoms with Gasteiger partial charge in [0.15, 0.2) is 0 Å². The molecule has 1 atom stereocenters. The molecule has 0 aliphatic rings. The van der Waals surface area contributed by atoms with Gasteiger partial charge in [0, 0.05) is 11.6 Å². The lowest BCUT2D eigenvalue weighted by molar-refractivity contribution is 0.890. The van der Waals surface area contributed by atoms with Crippen LogP contribution in [-0.4, -0.2) is 17.9 Å². The molecule has 0 fully saturated rings. The second-order valence-electron chi connectivity index (χ2n) is 5.84. The highest BCUT2D eigenvalue weighted by Crippen LogP contribution is 2.52. The normalized spacial score (nSPS) is 15.2. The second-order valence-corrected chi connectivity index (χ2v) is 9.55. The Morgan fingerprint density at radius 2 is 1.76 bits per heavy atom. The highest BCUT2D eigenvalue weighted by Gasteiger charge is 2.19. The third-order valence-electron chi connectivity index (χ3n) is 3.87. The van der Waals surface area contributed by atoms with Crippen molar-refractivity contribution in [2.24, 2.45) is 0 Å². The molecule has 2 heteroatoms. The van der Waals surface area contributed by atoms with Crippen LogP contribution in [0.25, 0.3) is 0 Å². The van der Waals surface area contributed by atoms with Crippen molar-refractivity contribution in [3.05, 3.63) is 60.2 Å². The van der Waals surface area contributed by atoms with E-state index in [1.165, 1.54) is 34.7 Å². The second kappa shape index (κ2) is 7.56. The van der Waals surface area contributed by atoms with Gasteiger partial charge in [0.25, 0.3) is 0 Å². The summed E-state index contributed by atoms with van der Waals surface area (Å²) in [6.07, 6.45) is 5.02. The zero-order valence-corrected chi connectivity index (χ0v) is 14.2. The third kappa shape index (κ3) is 4.53. The fourth-order valence-corrected chi connectivity index (χ4v) is 5.25. The SMILES string of the molecule is CCCCS(C)(CNc1cccc(C)c1)c1ccccc1. The van der Waals surface area contributed by atoms with Crippen molar-refractivity contribution < 1.29 is 0 Å². The molecule has 0 bridgehead atoms. The summed E-state index contributed by atoms with van der Waals surface area (Å²) in [4.78, 5) is 1.51. The van der Waals surface area contributed by atoms with E-state index in [4.69, 9.17) is 0 Å². The van der Waals surface area contributed by atoms with Gasteiger partial charge in [-0.3, -0.25) is 0 Å². The highest BCUT2D eigenvalue weighted by molar-refractivity contribution is 8.33. The number of aryl methyl sites for hydroxylation is 1. The molecule has 21 heavy (non-hydrogen) atoms. The van der Waals surface area contributed by atoms with Gasteiger partial charge >= 0.3 is 0 Å². The molecule has 0 spiro atoms. The van der Waals surface area contributed by atoms with Crippen LogP contribution in [0.2, 0.25) is 0 Å². The van der Waals surface area contributed by atoms with Crippen LogP contribution in [0.15, 0.2) is 59.5 Å². The maximum atomic E-state index is 3.67. The average Bonchev–Trinajstić information content (AvgIpc) is 2.52. The van der Waals surface area contributed by atoms with Crippen LogP contribution in [0.3, 0.4) is 0 Å². The summed E-state index contributed by atoms with van der Waals surface area (Å²) < 4.78 is 0. The summed E-state index contributed by atoms with van der Waals surface area (Å²) in [5.74, 6) is 2.35. The Morgan fingerprint density at radius 1 is 1.00 bits per heavy atom. The monoisotopic (exact) mass is 301 g/mol. The molecule has 1 nitrogen and oxygen atoms in total. The van der Waals surface area contributed by atoms with Gasteiger partial charge in [0.2, 0.25) is 0 Å².